The topological polar surface area (TPSA) is 51.2 Å². The van der Waals surface area contributed by atoms with Gasteiger partial charge in [0, 0.05) is 11.1 Å². The molecule has 3 nitrogen and oxygen atoms in total. The first kappa shape index (κ1) is 15.7. The predicted octanol–water partition coefficient (Wildman–Crippen LogP) is 4.49. The molecule has 2 rings (SSSR count). The number of carbonyl (C=O) groups excluding carboxylic acids is 3. The maximum Gasteiger partial charge on any atom is 0.253 e. The molecule has 0 radical (unpaired) electrons. The molecule has 0 unspecified atom stereocenters. The summed E-state index contributed by atoms with van der Waals surface area (Å²) in [7, 11) is 0. The Hall–Kier alpha value is -1.68. The highest BCUT2D eigenvalue weighted by atomic mass is 35.5. The molecule has 0 saturated heterocycles. The van der Waals surface area contributed by atoms with E-state index in [1.165, 1.54) is 6.07 Å². The van der Waals surface area contributed by atoms with Crippen LogP contribution < -0.4 is 0 Å². The summed E-state index contributed by atoms with van der Waals surface area (Å²) >= 11 is 16.5. The largest absolute Gasteiger partial charge is 0.276 e. The van der Waals surface area contributed by atoms with Gasteiger partial charge in [-0.25, -0.2) is 0 Å². The highest BCUT2D eigenvalue weighted by molar-refractivity contribution is 6.73. The van der Waals surface area contributed by atoms with Crippen molar-refractivity contribution in [3.05, 3.63) is 59.2 Å². The summed E-state index contributed by atoms with van der Waals surface area (Å²) in [5.41, 5.74) is 0.791. The molecule has 0 aromatic heterocycles. The van der Waals surface area contributed by atoms with Crippen molar-refractivity contribution >= 4 is 50.5 Å². The Morgan fingerprint density at radius 2 is 1.38 bits per heavy atom. The number of hydrogen-bond donors (Lipinski definition) is 0. The van der Waals surface area contributed by atoms with Crippen LogP contribution in [-0.2, 0) is 0 Å². The summed E-state index contributed by atoms with van der Waals surface area (Å²) in [6.07, 6.45) is 0. The average Bonchev–Trinajstić information content (AvgIpc) is 2.46. The molecule has 0 aliphatic heterocycles. The zero-order chi connectivity index (χ0) is 15.6. The molecule has 0 atom stereocenters. The zero-order valence-electron chi connectivity index (χ0n) is 10.4. The third-order valence-electron chi connectivity index (χ3n) is 2.86. The second kappa shape index (κ2) is 6.39. The Labute approximate surface area is 135 Å². The van der Waals surface area contributed by atoms with E-state index in [9.17, 15) is 14.4 Å². The van der Waals surface area contributed by atoms with Crippen molar-refractivity contribution in [2.45, 2.75) is 0 Å². The average molecular weight is 342 g/mol. The van der Waals surface area contributed by atoms with Crippen molar-refractivity contribution < 1.29 is 14.4 Å². The van der Waals surface area contributed by atoms with Crippen molar-refractivity contribution in [3.8, 4) is 11.1 Å². The quantitative estimate of drug-likeness (QED) is 0.770. The van der Waals surface area contributed by atoms with E-state index in [-0.39, 0.29) is 16.7 Å². The van der Waals surface area contributed by atoms with E-state index < -0.39 is 15.7 Å². The van der Waals surface area contributed by atoms with Gasteiger partial charge in [-0.05, 0) is 58.1 Å². The van der Waals surface area contributed by atoms with Gasteiger partial charge >= 0.3 is 0 Å². The van der Waals surface area contributed by atoms with Gasteiger partial charge < -0.3 is 0 Å². The Balaban J connectivity index is 2.86. The lowest BCUT2D eigenvalue weighted by Gasteiger charge is -2.11. The second-order valence-corrected chi connectivity index (χ2v) is 5.16. The van der Waals surface area contributed by atoms with E-state index in [1.54, 1.807) is 30.3 Å². The SMILES string of the molecule is O=C(Cl)c1cc(C(=O)Cl)c(C(=O)Cl)c(-c2ccccc2)c1. The first-order valence-corrected chi connectivity index (χ1v) is 6.88. The molecular formula is C15H7Cl3O3. The van der Waals surface area contributed by atoms with Crippen LogP contribution in [0.15, 0.2) is 42.5 Å². The minimum absolute atomic E-state index is 0.0514. The summed E-state index contributed by atoms with van der Waals surface area (Å²) in [6, 6.07) is 11.3. The molecule has 2 aromatic rings. The fourth-order valence-corrected chi connectivity index (χ4v) is 2.43. The predicted molar refractivity (Wildman–Crippen MR) is 82.4 cm³/mol. The van der Waals surface area contributed by atoms with Crippen LogP contribution in [0.4, 0.5) is 0 Å². The van der Waals surface area contributed by atoms with Gasteiger partial charge in [-0.15, -0.1) is 0 Å². The van der Waals surface area contributed by atoms with E-state index >= 15 is 0 Å². The van der Waals surface area contributed by atoms with Crippen LogP contribution in [0.3, 0.4) is 0 Å². The molecule has 0 N–H and O–H groups in total. The third-order valence-corrected chi connectivity index (χ3v) is 3.47. The van der Waals surface area contributed by atoms with Crippen molar-refractivity contribution in [2.24, 2.45) is 0 Å². The van der Waals surface area contributed by atoms with E-state index in [0.717, 1.165) is 6.07 Å². The number of carbonyl (C=O) groups is 3. The van der Waals surface area contributed by atoms with Crippen LogP contribution in [0, 0.1) is 0 Å². The highest BCUT2D eigenvalue weighted by Gasteiger charge is 2.22. The Morgan fingerprint density at radius 1 is 0.762 bits per heavy atom. The van der Waals surface area contributed by atoms with Crippen molar-refractivity contribution in [2.75, 3.05) is 0 Å². The summed E-state index contributed by atoms with van der Waals surface area (Å²) in [5, 5.41) is -2.50. The lowest BCUT2D eigenvalue weighted by atomic mass is 9.94. The second-order valence-electron chi connectivity index (χ2n) is 4.13. The van der Waals surface area contributed by atoms with E-state index in [4.69, 9.17) is 34.8 Å². The maximum atomic E-state index is 11.7. The van der Waals surface area contributed by atoms with Crippen molar-refractivity contribution in [1.29, 1.82) is 0 Å². The summed E-state index contributed by atoms with van der Waals surface area (Å²) in [5.74, 6) is 0. The monoisotopic (exact) mass is 340 g/mol. The van der Waals surface area contributed by atoms with Gasteiger partial charge in [-0.1, -0.05) is 30.3 Å². The van der Waals surface area contributed by atoms with Gasteiger partial charge in [0.25, 0.3) is 15.7 Å². The Kier molecular flexibility index (Phi) is 4.78. The van der Waals surface area contributed by atoms with Crippen molar-refractivity contribution in [3.63, 3.8) is 0 Å². The van der Waals surface area contributed by atoms with Gasteiger partial charge in [0.15, 0.2) is 0 Å². The van der Waals surface area contributed by atoms with Crippen molar-refractivity contribution in [1.82, 2.24) is 0 Å². The standard InChI is InChI=1S/C15H7Cl3O3/c16-13(19)9-6-10(8-4-2-1-3-5-8)12(15(18)21)11(7-9)14(17)20/h1-7H. The normalized spacial score (nSPS) is 10.2. The molecule has 0 aliphatic rings. The van der Waals surface area contributed by atoms with Gasteiger partial charge in [-0.3, -0.25) is 14.4 Å². The fourth-order valence-electron chi connectivity index (χ4n) is 1.97. The van der Waals surface area contributed by atoms with Crippen LogP contribution in [0.25, 0.3) is 11.1 Å². The lowest BCUT2D eigenvalue weighted by molar-refractivity contribution is 0.105. The van der Waals surface area contributed by atoms with Gasteiger partial charge in [-0.2, -0.15) is 0 Å². The molecule has 106 valence electrons. The van der Waals surface area contributed by atoms with E-state index in [2.05, 4.69) is 0 Å². The molecule has 0 heterocycles. The summed E-state index contributed by atoms with van der Waals surface area (Å²) in [6.45, 7) is 0. The van der Waals surface area contributed by atoms with E-state index in [1.807, 2.05) is 0 Å². The van der Waals surface area contributed by atoms with Crippen LogP contribution in [0.5, 0.6) is 0 Å². The minimum atomic E-state index is -0.893. The fraction of sp³-hybridized carbons (Fsp3) is 0. The third kappa shape index (κ3) is 3.32. The molecular weight excluding hydrogens is 335 g/mol. The zero-order valence-corrected chi connectivity index (χ0v) is 12.7. The molecule has 0 amide bonds. The summed E-state index contributed by atoms with van der Waals surface area (Å²) in [4.78, 5) is 34.6. The number of hydrogen-bond acceptors (Lipinski definition) is 3. The molecule has 0 bridgehead atoms. The number of rotatable bonds is 4. The van der Waals surface area contributed by atoms with Crippen LogP contribution in [-0.4, -0.2) is 15.7 Å². The van der Waals surface area contributed by atoms with Crippen LogP contribution >= 0.6 is 34.8 Å². The number of benzene rings is 2. The Morgan fingerprint density at radius 3 is 1.86 bits per heavy atom. The summed E-state index contributed by atoms with van der Waals surface area (Å²) < 4.78 is 0. The smallest absolute Gasteiger partial charge is 0.253 e. The first-order chi connectivity index (χ1) is 9.91. The van der Waals surface area contributed by atoms with E-state index in [0.29, 0.717) is 11.1 Å². The van der Waals surface area contributed by atoms with Gasteiger partial charge in [0.05, 0.1) is 5.56 Å². The molecule has 0 aliphatic carbocycles. The first-order valence-electron chi connectivity index (χ1n) is 5.74. The molecule has 21 heavy (non-hydrogen) atoms. The number of halogens is 3. The molecule has 2 aromatic carbocycles. The molecule has 0 saturated carbocycles. The molecule has 0 fully saturated rings. The Bertz CT molecular complexity index is 739. The maximum absolute atomic E-state index is 11.7. The van der Waals surface area contributed by atoms with Crippen LogP contribution in [0.2, 0.25) is 0 Å². The molecule has 0 spiro atoms. The molecule has 6 heteroatoms. The van der Waals surface area contributed by atoms with Gasteiger partial charge in [0.1, 0.15) is 0 Å². The minimum Gasteiger partial charge on any atom is -0.276 e. The lowest BCUT2D eigenvalue weighted by Crippen LogP contribution is -2.06. The highest BCUT2D eigenvalue weighted by Crippen LogP contribution is 2.31. The van der Waals surface area contributed by atoms with Crippen LogP contribution in [0.1, 0.15) is 31.1 Å². The van der Waals surface area contributed by atoms with Gasteiger partial charge in [0.2, 0.25) is 0 Å².